The third-order valence-electron chi connectivity index (χ3n) is 2.50. The Morgan fingerprint density at radius 2 is 2.15 bits per heavy atom. The van der Waals surface area contributed by atoms with Crippen molar-refractivity contribution in [3.8, 4) is 5.88 Å². The van der Waals surface area contributed by atoms with Crippen molar-refractivity contribution in [3.63, 3.8) is 0 Å². The smallest absolute Gasteiger partial charge is 0.338 e. The Bertz CT molecular complexity index is 611. The summed E-state index contributed by atoms with van der Waals surface area (Å²) in [5.74, 6) is -0.828. The van der Waals surface area contributed by atoms with Crippen LogP contribution in [0.15, 0.2) is 36.4 Å². The number of halogens is 1. The molecule has 1 aromatic carbocycles. The van der Waals surface area contributed by atoms with Gasteiger partial charge in [-0.2, -0.15) is 0 Å². The first-order valence-corrected chi connectivity index (χ1v) is 5.81. The van der Waals surface area contributed by atoms with Crippen LogP contribution in [-0.4, -0.2) is 18.1 Å². The first kappa shape index (κ1) is 13.8. The Labute approximate surface area is 115 Å². The molecule has 0 amide bonds. The number of carbonyl (C=O) groups excluding carboxylic acids is 1. The molecule has 0 atom stereocenters. The van der Waals surface area contributed by atoms with Crippen LogP contribution in [0.25, 0.3) is 0 Å². The molecular formula is C14H13FN2O3. The second kappa shape index (κ2) is 6.01. The Morgan fingerprint density at radius 3 is 2.85 bits per heavy atom. The van der Waals surface area contributed by atoms with E-state index in [9.17, 15) is 9.18 Å². The molecular weight excluding hydrogens is 263 g/mol. The molecule has 1 aromatic heterocycles. The molecule has 0 saturated carbocycles. The van der Waals surface area contributed by atoms with E-state index in [2.05, 4.69) is 4.98 Å². The van der Waals surface area contributed by atoms with Crippen LogP contribution in [0.5, 0.6) is 5.88 Å². The number of rotatable bonds is 4. The number of hydrogen-bond acceptors (Lipinski definition) is 5. The standard InChI is InChI=1S/C14H13FN2O3/c1-19-13-4-2-3-12(17-13)8-20-14(18)9-5-10(15)7-11(16)6-9/h2-7H,8,16H2,1H3. The predicted octanol–water partition coefficient (Wildman–Crippen LogP) is 2.17. The van der Waals surface area contributed by atoms with E-state index in [1.54, 1.807) is 18.2 Å². The molecule has 1 heterocycles. The molecule has 2 N–H and O–H groups in total. The van der Waals surface area contributed by atoms with Crippen molar-refractivity contribution in [2.24, 2.45) is 0 Å². The van der Waals surface area contributed by atoms with Crippen LogP contribution >= 0.6 is 0 Å². The van der Waals surface area contributed by atoms with Crippen molar-refractivity contribution >= 4 is 11.7 Å². The Kier molecular flexibility index (Phi) is 4.14. The van der Waals surface area contributed by atoms with Gasteiger partial charge in [0.2, 0.25) is 5.88 Å². The van der Waals surface area contributed by atoms with Gasteiger partial charge in [0.25, 0.3) is 0 Å². The summed E-state index contributed by atoms with van der Waals surface area (Å²) in [5, 5.41) is 0. The highest BCUT2D eigenvalue weighted by atomic mass is 19.1. The van der Waals surface area contributed by atoms with Crippen LogP contribution in [-0.2, 0) is 11.3 Å². The van der Waals surface area contributed by atoms with Crippen molar-refractivity contribution in [3.05, 3.63) is 53.5 Å². The first-order valence-electron chi connectivity index (χ1n) is 5.81. The third-order valence-corrected chi connectivity index (χ3v) is 2.50. The lowest BCUT2D eigenvalue weighted by Crippen LogP contribution is -2.07. The topological polar surface area (TPSA) is 74.4 Å². The fourth-order valence-electron chi connectivity index (χ4n) is 1.60. The molecule has 0 bridgehead atoms. The zero-order chi connectivity index (χ0) is 14.5. The minimum Gasteiger partial charge on any atom is -0.481 e. The lowest BCUT2D eigenvalue weighted by Gasteiger charge is -2.06. The summed E-state index contributed by atoms with van der Waals surface area (Å²) in [6.45, 7) is -0.0353. The van der Waals surface area contributed by atoms with Gasteiger partial charge in [-0.1, -0.05) is 6.07 Å². The first-order chi connectivity index (χ1) is 9.58. The molecule has 0 spiro atoms. The molecule has 6 heteroatoms. The quantitative estimate of drug-likeness (QED) is 0.684. The van der Waals surface area contributed by atoms with E-state index in [0.29, 0.717) is 11.6 Å². The van der Waals surface area contributed by atoms with Crippen molar-refractivity contribution < 1.29 is 18.7 Å². The van der Waals surface area contributed by atoms with E-state index in [1.165, 1.54) is 13.2 Å². The number of ether oxygens (including phenoxy) is 2. The molecule has 5 nitrogen and oxygen atoms in total. The van der Waals surface area contributed by atoms with Crippen LogP contribution < -0.4 is 10.5 Å². The van der Waals surface area contributed by atoms with E-state index >= 15 is 0 Å². The van der Waals surface area contributed by atoms with Gasteiger partial charge in [0.1, 0.15) is 12.4 Å². The highest BCUT2D eigenvalue weighted by molar-refractivity contribution is 5.90. The van der Waals surface area contributed by atoms with E-state index in [4.69, 9.17) is 15.2 Å². The number of nitrogens with zero attached hydrogens (tertiary/aromatic N) is 1. The molecule has 0 saturated heterocycles. The fourth-order valence-corrected chi connectivity index (χ4v) is 1.60. The molecule has 0 aliphatic heterocycles. The van der Waals surface area contributed by atoms with Gasteiger partial charge >= 0.3 is 5.97 Å². The number of benzene rings is 1. The number of carbonyl (C=O) groups is 1. The third kappa shape index (κ3) is 3.44. The van der Waals surface area contributed by atoms with Gasteiger partial charge in [0, 0.05) is 11.8 Å². The zero-order valence-corrected chi connectivity index (χ0v) is 10.8. The number of pyridine rings is 1. The Balaban J connectivity index is 2.04. The summed E-state index contributed by atoms with van der Waals surface area (Å²) >= 11 is 0. The van der Waals surface area contributed by atoms with Crippen molar-refractivity contribution in [1.29, 1.82) is 0 Å². The molecule has 0 unspecified atom stereocenters. The van der Waals surface area contributed by atoms with E-state index < -0.39 is 11.8 Å². The molecule has 0 aliphatic carbocycles. The maximum Gasteiger partial charge on any atom is 0.338 e. The Morgan fingerprint density at radius 1 is 1.35 bits per heavy atom. The average molecular weight is 276 g/mol. The van der Waals surface area contributed by atoms with Gasteiger partial charge in [-0.3, -0.25) is 0 Å². The van der Waals surface area contributed by atoms with Crippen molar-refractivity contribution in [2.45, 2.75) is 6.61 Å². The molecule has 0 aliphatic rings. The van der Waals surface area contributed by atoms with Crippen LogP contribution in [0, 0.1) is 5.82 Å². The van der Waals surface area contributed by atoms with E-state index in [1.807, 2.05) is 0 Å². The van der Waals surface area contributed by atoms with E-state index in [0.717, 1.165) is 12.1 Å². The number of anilines is 1. The summed E-state index contributed by atoms with van der Waals surface area (Å²) in [6.07, 6.45) is 0. The minimum atomic E-state index is -0.666. The highest BCUT2D eigenvalue weighted by Crippen LogP contribution is 2.13. The van der Waals surface area contributed by atoms with Crippen molar-refractivity contribution in [1.82, 2.24) is 4.98 Å². The number of esters is 1. The summed E-state index contributed by atoms with van der Waals surface area (Å²) < 4.78 is 23.1. The average Bonchev–Trinajstić information content (AvgIpc) is 2.44. The van der Waals surface area contributed by atoms with Gasteiger partial charge in [-0.25, -0.2) is 14.2 Å². The SMILES string of the molecule is COc1cccc(COC(=O)c2cc(N)cc(F)c2)n1. The summed E-state index contributed by atoms with van der Waals surface area (Å²) in [6, 6.07) is 8.64. The largest absolute Gasteiger partial charge is 0.481 e. The van der Waals surface area contributed by atoms with Gasteiger partial charge < -0.3 is 15.2 Å². The maximum atomic E-state index is 13.1. The fraction of sp³-hybridized carbons (Fsp3) is 0.143. The summed E-state index contributed by atoms with van der Waals surface area (Å²) in [7, 11) is 1.49. The van der Waals surface area contributed by atoms with Gasteiger partial charge in [0.15, 0.2) is 0 Å². The number of methoxy groups -OCH3 is 1. The molecule has 2 rings (SSSR count). The number of nitrogen functional groups attached to an aromatic ring is 1. The second-order valence-corrected chi connectivity index (χ2v) is 4.02. The van der Waals surface area contributed by atoms with Gasteiger partial charge in [-0.05, 0) is 24.3 Å². The number of aromatic nitrogens is 1. The number of nitrogens with two attached hydrogens (primary N) is 1. The van der Waals surface area contributed by atoms with Crippen LogP contribution in [0.3, 0.4) is 0 Å². The predicted molar refractivity (Wildman–Crippen MR) is 70.7 cm³/mol. The maximum absolute atomic E-state index is 13.1. The number of hydrogen-bond donors (Lipinski definition) is 1. The zero-order valence-electron chi connectivity index (χ0n) is 10.8. The lowest BCUT2D eigenvalue weighted by atomic mass is 10.2. The normalized spacial score (nSPS) is 10.1. The summed E-state index contributed by atoms with van der Waals surface area (Å²) in [4.78, 5) is 15.9. The van der Waals surface area contributed by atoms with Crippen LogP contribution in [0.4, 0.5) is 10.1 Å². The lowest BCUT2D eigenvalue weighted by molar-refractivity contribution is 0.0466. The van der Waals surface area contributed by atoms with Crippen LogP contribution in [0.1, 0.15) is 16.1 Å². The van der Waals surface area contributed by atoms with E-state index in [-0.39, 0.29) is 17.9 Å². The molecule has 2 aromatic rings. The summed E-state index contributed by atoms with van der Waals surface area (Å²) in [5.41, 5.74) is 6.22. The molecule has 20 heavy (non-hydrogen) atoms. The van der Waals surface area contributed by atoms with Crippen molar-refractivity contribution in [2.75, 3.05) is 12.8 Å². The monoisotopic (exact) mass is 276 g/mol. The Hall–Kier alpha value is -2.63. The van der Waals surface area contributed by atoms with Gasteiger partial charge in [0.05, 0.1) is 18.4 Å². The molecule has 104 valence electrons. The van der Waals surface area contributed by atoms with Gasteiger partial charge in [-0.15, -0.1) is 0 Å². The van der Waals surface area contributed by atoms with Crippen LogP contribution in [0.2, 0.25) is 0 Å². The molecule has 0 radical (unpaired) electrons. The second-order valence-electron chi connectivity index (χ2n) is 4.02. The molecule has 0 fully saturated rings. The highest BCUT2D eigenvalue weighted by Gasteiger charge is 2.10. The minimum absolute atomic E-state index is 0.0353.